The van der Waals surface area contributed by atoms with Crippen LogP contribution in [0.15, 0.2) is 15.9 Å². The minimum atomic E-state index is 0.520. The van der Waals surface area contributed by atoms with Crippen LogP contribution < -0.4 is 5.32 Å². The highest BCUT2D eigenvalue weighted by molar-refractivity contribution is 9.11. The van der Waals surface area contributed by atoms with Crippen molar-refractivity contribution < 1.29 is 0 Å². The van der Waals surface area contributed by atoms with Crippen LogP contribution in [0.3, 0.4) is 0 Å². The Morgan fingerprint density at radius 3 is 2.93 bits per heavy atom. The van der Waals surface area contributed by atoms with Gasteiger partial charge in [0, 0.05) is 23.5 Å². The average Bonchev–Trinajstić information content (AvgIpc) is 2.85. The van der Waals surface area contributed by atoms with E-state index in [1.54, 1.807) is 0 Å². The van der Waals surface area contributed by atoms with E-state index in [-0.39, 0.29) is 0 Å². The van der Waals surface area contributed by atoms with Crippen LogP contribution in [0.25, 0.3) is 0 Å². The van der Waals surface area contributed by atoms with Gasteiger partial charge in [0.25, 0.3) is 0 Å². The van der Waals surface area contributed by atoms with E-state index in [1.165, 1.54) is 15.1 Å². The Morgan fingerprint density at radius 1 is 1.60 bits per heavy atom. The molecule has 2 rings (SSSR count). The predicted molar refractivity (Wildman–Crippen MR) is 69.5 cm³/mol. The number of hydrogen-bond donors (Lipinski definition) is 1. The van der Waals surface area contributed by atoms with Crippen molar-refractivity contribution in [2.24, 2.45) is 0 Å². The molecule has 2 nitrogen and oxygen atoms in total. The van der Waals surface area contributed by atoms with E-state index in [4.69, 9.17) is 0 Å². The fraction of sp³-hybridized carbons (Fsp3) is 0.636. The molecule has 1 aliphatic heterocycles. The molecule has 2 atom stereocenters. The molecule has 1 N–H and O–H groups in total. The molecule has 0 radical (unpaired) electrons. The molecule has 84 valence electrons. The minimum Gasteiger partial charge on any atom is -0.315 e. The molecule has 1 aromatic heterocycles. The Labute approximate surface area is 104 Å². The summed E-state index contributed by atoms with van der Waals surface area (Å²) in [6.45, 7) is 4.58. The second kappa shape index (κ2) is 4.95. The van der Waals surface area contributed by atoms with Crippen LogP contribution >= 0.6 is 27.3 Å². The van der Waals surface area contributed by atoms with Crippen molar-refractivity contribution in [2.75, 3.05) is 20.1 Å². The third-order valence-electron chi connectivity index (χ3n) is 3.23. The van der Waals surface area contributed by atoms with Crippen molar-refractivity contribution in [3.63, 3.8) is 0 Å². The Hall–Kier alpha value is 0.1000. The second-order valence-electron chi connectivity index (χ2n) is 4.13. The zero-order valence-corrected chi connectivity index (χ0v) is 11.6. The summed E-state index contributed by atoms with van der Waals surface area (Å²) in [5.41, 5.74) is 0. The number of hydrogen-bond acceptors (Lipinski definition) is 3. The fourth-order valence-electron chi connectivity index (χ4n) is 2.06. The lowest BCUT2D eigenvalue weighted by atomic mass is 10.1. The number of thiophene rings is 1. The first-order valence-corrected chi connectivity index (χ1v) is 6.97. The van der Waals surface area contributed by atoms with Crippen LogP contribution in [-0.4, -0.2) is 31.1 Å². The summed E-state index contributed by atoms with van der Waals surface area (Å²) in [7, 11) is 2.23. The lowest BCUT2D eigenvalue weighted by Gasteiger charge is -2.29. The lowest BCUT2D eigenvalue weighted by molar-refractivity contribution is 0.199. The van der Waals surface area contributed by atoms with Crippen molar-refractivity contribution in [2.45, 2.75) is 25.4 Å². The van der Waals surface area contributed by atoms with Gasteiger partial charge in [-0.25, -0.2) is 0 Å². The van der Waals surface area contributed by atoms with Crippen molar-refractivity contribution in [1.29, 1.82) is 0 Å². The summed E-state index contributed by atoms with van der Waals surface area (Å²) in [6.07, 6.45) is 1.27. The van der Waals surface area contributed by atoms with Crippen molar-refractivity contribution in [3.8, 4) is 0 Å². The van der Waals surface area contributed by atoms with E-state index < -0.39 is 0 Å². The molecular formula is C11H17BrN2S. The number of rotatable bonds is 3. The molecule has 1 aliphatic rings. The average molecular weight is 289 g/mol. The topological polar surface area (TPSA) is 15.3 Å². The fourth-order valence-corrected chi connectivity index (χ4v) is 3.58. The van der Waals surface area contributed by atoms with Crippen LogP contribution in [0.5, 0.6) is 0 Å². The third kappa shape index (κ3) is 2.61. The van der Waals surface area contributed by atoms with Gasteiger partial charge < -0.3 is 5.32 Å². The van der Waals surface area contributed by atoms with Crippen LogP contribution in [0.4, 0.5) is 0 Å². The van der Waals surface area contributed by atoms with Gasteiger partial charge in [-0.1, -0.05) is 0 Å². The van der Waals surface area contributed by atoms with Gasteiger partial charge in [-0.3, -0.25) is 4.90 Å². The first-order valence-electron chi connectivity index (χ1n) is 5.36. The van der Waals surface area contributed by atoms with Gasteiger partial charge >= 0.3 is 0 Å². The predicted octanol–water partition coefficient (Wildman–Crippen LogP) is 2.87. The number of nitrogens with zero attached hydrogens (tertiary/aromatic N) is 1. The SMILES string of the molecule is CC(c1ccc(Br)s1)N(C)C1CCNC1. The highest BCUT2D eigenvalue weighted by atomic mass is 79.9. The maximum absolute atomic E-state index is 3.52. The molecule has 15 heavy (non-hydrogen) atoms. The molecule has 0 aromatic carbocycles. The first-order chi connectivity index (χ1) is 7.18. The zero-order valence-electron chi connectivity index (χ0n) is 9.16. The van der Waals surface area contributed by atoms with Gasteiger partial charge in [-0.15, -0.1) is 11.3 Å². The monoisotopic (exact) mass is 288 g/mol. The summed E-state index contributed by atoms with van der Waals surface area (Å²) in [4.78, 5) is 3.93. The van der Waals surface area contributed by atoms with E-state index in [0.717, 1.165) is 13.1 Å². The molecular weight excluding hydrogens is 272 g/mol. The molecule has 0 spiro atoms. The highest BCUT2D eigenvalue weighted by Crippen LogP contribution is 2.31. The lowest BCUT2D eigenvalue weighted by Crippen LogP contribution is -2.35. The van der Waals surface area contributed by atoms with E-state index in [0.29, 0.717) is 12.1 Å². The van der Waals surface area contributed by atoms with Crippen LogP contribution in [-0.2, 0) is 0 Å². The van der Waals surface area contributed by atoms with E-state index in [2.05, 4.69) is 52.3 Å². The summed E-state index contributed by atoms with van der Waals surface area (Å²) in [5, 5.41) is 3.42. The normalized spacial score (nSPS) is 23.6. The molecule has 0 saturated carbocycles. The smallest absolute Gasteiger partial charge is 0.0701 e. The van der Waals surface area contributed by atoms with Gasteiger partial charge in [0.05, 0.1) is 3.79 Å². The standard InChI is InChI=1S/C11H17BrN2S/c1-8(10-3-4-11(12)15-10)14(2)9-5-6-13-7-9/h3-4,8-9,13H,5-7H2,1-2H3. The van der Waals surface area contributed by atoms with Gasteiger partial charge in [0.15, 0.2) is 0 Å². The molecule has 1 saturated heterocycles. The van der Waals surface area contributed by atoms with Crippen LogP contribution in [0.1, 0.15) is 24.3 Å². The second-order valence-corrected chi connectivity index (χ2v) is 6.62. The summed E-state index contributed by atoms with van der Waals surface area (Å²) < 4.78 is 1.22. The molecule has 4 heteroatoms. The van der Waals surface area contributed by atoms with E-state index >= 15 is 0 Å². The Kier molecular flexibility index (Phi) is 3.83. The van der Waals surface area contributed by atoms with Crippen molar-refractivity contribution in [1.82, 2.24) is 10.2 Å². The highest BCUT2D eigenvalue weighted by Gasteiger charge is 2.24. The largest absolute Gasteiger partial charge is 0.315 e. The molecule has 2 unspecified atom stereocenters. The maximum atomic E-state index is 3.52. The zero-order chi connectivity index (χ0) is 10.8. The Bertz CT molecular complexity index is 320. The number of halogens is 1. The molecule has 2 heterocycles. The molecule has 1 fully saturated rings. The first kappa shape index (κ1) is 11.6. The van der Waals surface area contributed by atoms with Crippen LogP contribution in [0, 0.1) is 0 Å². The number of likely N-dealkylation sites (N-methyl/N-ethyl adjacent to an activating group) is 1. The maximum Gasteiger partial charge on any atom is 0.0701 e. The van der Waals surface area contributed by atoms with Gasteiger partial charge in [0.1, 0.15) is 0 Å². The molecule has 0 bridgehead atoms. The van der Waals surface area contributed by atoms with Crippen molar-refractivity contribution >= 4 is 27.3 Å². The summed E-state index contributed by atoms with van der Waals surface area (Å²) in [5.74, 6) is 0. The molecule has 0 amide bonds. The van der Waals surface area contributed by atoms with E-state index in [1.807, 2.05) is 11.3 Å². The molecule has 0 aliphatic carbocycles. The molecule has 1 aromatic rings. The van der Waals surface area contributed by atoms with E-state index in [9.17, 15) is 0 Å². The third-order valence-corrected chi connectivity index (χ3v) is 5.02. The number of nitrogens with one attached hydrogen (secondary N) is 1. The summed E-state index contributed by atoms with van der Waals surface area (Å²) in [6, 6.07) is 5.57. The van der Waals surface area contributed by atoms with Gasteiger partial charge in [0.2, 0.25) is 0 Å². The van der Waals surface area contributed by atoms with Gasteiger partial charge in [-0.05, 0) is 55.0 Å². The van der Waals surface area contributed by atoms with Crippen LogP contribution in [0.2, 0.25) is 0 Å². The minimum absolute atomic E-state index is 0.520. The summed E-state index contributed by atoms with van der Waals surface area (Å²) >= 11 is 5.36. The van der Waals surface area contributed by atoms with Gasteiger partial charge in [-0.2, -0.15) is 0 Å². The quantitative estimate of drug-likeness (QED) is 0.920. The van der Waals surface area contributed by atoms with Crippen molar-refractivity contribution in [3.05, 3.63) is 20.8 Å². The Balaban J connectivity index is 2.03. The Morgan fingerprint density at radius 2 is 2.40 bits per heavy atom.